The van der Waals surface area contributed by atoms with Crippen LogP contribution in [0, 0.1) is 5.82 Å². The minimum absolute atomic E-state index is 0.00993. The average Bonchev–Trinajstić information content (AvgIpc) is 3.33. The SMILES string of the molecule is CN(Cc1ccccc1OCC(N)=O)S(=O)(=O)c1cc(-c2ccnn2-c2ccccc2F)c(O)cc1O. The molecule has 0 spiro atoms. The predicted octanol–water partition coefficient (Wildman–Crippen LogP) is 2.77. The Balaban J connectivity index is 1.72. The van der Waals surface area contributed by atoms with Crippen LogP contribution in [0.15, 0.2) is 77.8 Å². The summed E-state index contributed by atoms with van der Waals surface area (Å²) >= 11 is 0. The molecule has 12 heteroatoms. The van der Waals surface area contributed by atoms with Gasteiger partial charge >= 0.3 is 0 Å². The minimum Gasteiger partial charge on any atom is -0.507 e. The van der Waals surface area contributed by atoms with Gasteiger partial charge in [-0.15, -0.1) is 0 Å². The van der Waals surface area contributed by atoms with Crippen molar-refractivity contribution in [2.45, 2.75) is 11.4 Å². The van der Waals surface area contributed by atoms with Gasteiger partial charge in [0.25, 0.3) is 5.91 Å². The van der Waals surface area contributed by atoms with Gasteiger partial charge in [-0.3, -0.25) is 4.79 Å². The molecule has 1 amide bonds. The normalized spacial score (nSPS) is 11.5. The highest BCUT2D eigenvalue weighted by molar-refractivity contribution is 7.89. The van der Waals surface area contributed by atoms with Crippen LogP contribution in [0.2, 0.25) is 0 Å². The number of phenolic OH excluding ortho intramolecular Hbond substituents is 2. The molecular weight excluding hydrogens is 503 g/mol. The highest BCUT2D eigenvalue weighted by Crippen LogP contribution is 2.39. The van der Waals surface area contributed by atoms with Crippen molar-refractivity contribution in [3.05, 3.63) is 84.3 Å². The molecule has 0 aliphatic rings. The van der Waals surface area contributed by atoms with Crippen LogP contribution in [0.5, 0.6) is 17.2 Å². The van der Waals surface area contributed by atoms with Crippen molar-refractivity contribution in [3.8, 4) is 34.2 Å². The minimum atomic E-state index is -4.31. The number of hydrogen-bond donors (Lipinski definition) is 3. The third kappa shape index (κ3) is 5.25. The molecule has 0 atom stereocenters. The number of nitrogens with two attached hydrogens (primary N) is 1. The molecule has 0 unspecified atom stereocenters. The molecular formula is C25H23FN4O6S. The molecule has 0 radical (unpaired) electrons. The number of para-hydroxylation sites is 2. The fourth-order valence-electron chi connectivity index (χ4n) is 3.71. The van der Waals surface area contributed by atoms with Gasteiger partial charge < -0.3 is 20.7 Å². The first kappa shape index (κ1) is 25.7. The Bertz CT molecular complexity index is 1570. The number of nitrogens with zero attached hydrogens (tertiary/aromatic N) is 3. The van der Waals surface area contributed by atoms with E-state index in [4.69, 9.17) is 10.5 Å². The molecule has 0 aliphatic carbocycles. The monoisotopic (exact) mass is 526 g/mol. The number of aromatic nitrogens is 2. The summed E-state index contributed by atoms with van der Waals surface area (Å²) in [5.74, 6) is -2.10. The van der Waals surface area contributed by atoms with Crippen molar-refractivity contribution in [1.82, 2.24) is 14.1 Å². The van der Waals surface area contributed by atoms with Gasteiger partial charge in [0.2, 0.25) is 10.0 Å². The van der Waals surface area contributed by atoms with Gasteiger partial charge in [-0.2, -0.15) is 9.40 Å². The number of carbonyl (C=O) groups excluding carboxylic acids is 1. The average molecular weight is 527 g/mol. The maximum absolute atomic E-state index is 14.4. The van der Waals surface area contributed by atoms with Crippen molar-refractivity contribution in [3.63, 3.8) is 0 Å². The highest BCUT2D eigenvalue weighted by Gasteiger charge is 2.28. The van der Waals surface area contributed by atoms with Crippen molar-refractivity contribution in [2.24, 2.45) is 5.73 Å². The van der Waals surface area contributed by atoms with E-state index in [2.05, 4.69) is 5.10 Å². The van der Waals surface area contributed by atoms with Crippen LogP contribution in [0.4, 0.5) is 4.39 Å². The number of benzene rings is 3. The predicted molar refractivity (Wildman–Crippen MR) is 132 cm³/mol. The third-order valence-corrected chi connectivity index (χ3v) is 7.33. The lowest BCUT2D eigenvalue weighted by atomic mass is 10.1. The van der Waals surface area contributed by atoms with E-state index < -0.39 is 38.1 Å². The van der Waals surface area contributed by atoms with Gasteiger partial charge in [-0.1, -0.05) is 30.3 Å². The molecule has 0 saturated carbocycles. The molecule has 4 N–H and O–H groups in total. The summed E-state index contributed by atoms with van der Waals surface area (Å²) in [4.78, 5) is 10.6. The molecule has 1 heterocycles. The van der Waals surface area contributed by atoms with Crippen LogP contribution in [0.1, 0.15) is 5.56 Å². The number of phenols is 2. The zero-order valence-corrected chi connectivity index (χ0v) is 20.4. The third-order valence-electron chi connectivity index (χ3n) is 5.50. The van der Waals surface area contributed by atoms with Crippen LogP contribution >= 0.6 is 0 Å². The standard InChI is InChI=1S/C25H23FN4O6S/c1-29(14-16-6-2-5-9-23(16)36-15-25(27)33)37(34,35)24-12-17(21(31)13-22(24)32)19-10-11-28-30(19)20-8-4-3-7-18(20)26/h2-13,31-32H,14-15H2,1H3,(H2,27,33). The Morgan fingerprint density at radius 1 is 1.08 bits per heavy atom. The second kappa shape index (κ2) is 10.3. The van der Waals surface area contributed by atoms with E-state index in [0.717, 1.165) is 16.4 Å². The Labute approximate surface area is 212 Å². The first-order valence-electron chi connectivity index (χ1n) is 10.9. The van der Waals surface area contributed by atoms with Gasteiger partial charge in [0.1, 0.15) is 33.6 Å². The fourth-order valence-corrected chi connectivity index (χ4v) is 4.94. The molecule has 0 saturated heterocycles. The molecule has 4 aromatic rings. The summed E-state index contributed by atoms with van der Waals surface area (Å²) in [5.41, 5.74) is 5.88. The van der Waals surface area contributed by atoms with E-state index in [1.54, 1.807) is 30.3 Å². The van der Waals surface area contributed by atoms with Gasteiger partial charge in [-0.25, -0.2) is 17.5 Å². The Morgan fingerprint density at radius 3 is 2.51 bits per heavy atom. The lowest BCUT2D eigenvalue weighted by Gasteiger charge is -2.20. The first-order chi connectivity index (χ1) is 17.6. The zero-order chi connectivity index (χ0) is 26.7. The molecule has 0 fully saturated rings. The van der Waals surface area contributed by atoms with Gasteiger partial charge in [-0.05, 0) is 30.3 Å². The van der Waals surface area contributed by atoms with Crippen molar-refractivity contribution < 1.29 is 32.6 Å². The first-order valence-corrected chi connectivity index (χ1v) is 12.3. The number of ether oxygens (including phenoxy) is 1. The van der Waals surface area contributed by atoms with Crippen LogP contribution in [0.3, 0.4) is 0 Å². The van der Waals surface area contributed by atoms with Crippen LogP contribution in [-0.4, -0.2) is 52.3 Å². The number of amides is 1. The molecule has 0 bridgehead atoms. The second-order valence-corrected chi connectivity index (χ2v) is 10.1. The molecule has 10 nitrogen and oxygen atoms in total. The fraction of sp³-hybridized carbons (Fsp3) is 0.120. The maximum atomic E-state index is 14.4. The molecule has 0 aliphatic heterocycles. The number of rotatable bonds is 9. The largest absolute Gasteiger partial charge is 0.507 e. The van der Waals surface area contributed by atoms with E-state index in [1.165, 1.54) is 42.2 Å². The van der Waals surface area contributed by atoms with E-state index >= 15 is 0 Å². The van der Waals surface area contributed by atoms with Crippen molar-refractivity contribution in [2.75, 3.05) is 13.7 Å². The van der Waals surface area contributed by atoms with E-state index in [0.29, 0.717) is 5.56 Å². The van der Waals surface area contributed by atoms with Crippen LogP contribution in [-0.2, 0) is 21.4 Å². The van der Waals surface area contributed by atoms with Gasteiger partial charge in [0.05, 0.1) is 11.9 Å². The summed E-state index contributed by atoms with van der Waals surface area (Å²) in [6.07, 6.45) is 1.37. The Morgan fingerprint density at radius 2 is 1.78 bits per heavy atom. The van der Waals surface area contributed by atoms with E-state index in [1.807, 2.05) is 0 Å². The topological polar surface area (TPSA) is 148 Å². The van der Waals surface area contributed by atoms with E-state index in [9.17, 15) is 27.8 Å². The van der Waals surface area contributed by atoms with Crippen molar-refractivity contribution >= 4 is 15.9 Å². The summed E-state index contributed by atoms with van der Waals surface area (Å²) in [5, 5.41) is 25.1. The number of hydrogen-bond acceptors (Lipinski definition) is 7. The number of halogens is 1. The van der Waals surface area contributed by atoms with Crippen LogP contribution in [0.25, 0.3) is 16.9 Å². The number of aromatic hydroxyl groups is 2. The number of carbonyl (C=O) groups is 1. The van der Waals surface area contributed by atoms with Gasteiger partial charge in [0, 0.05) is 30.8 Å². The Hall–Kier alpha value is -4.42. The highest BCUT2D eigenvalue weighted by atomic mass is 32.2. The zero-order valence-electron chi connectivity index (χ0n) is 19.6. The van der Waals surface area contributed by atoms with E-state index in [-0.39, 0.29) is 35.8 Å². The quantitative estimate of drug-likeness (QED) is 0.304. The summed E-state index contributed by atoms with van der Waals surface area (Å²) in [7, 11) is -3.01. The summed E-state index contributed by atoms with van der Waals surface area (Å²) < 4.78 is 48.9. The molecule has 192 valence electrons. The molecule has 4 rings (SSSR count). The second-order valence-electron chi connectivity index (χ2n) is 8.04. The smallest absolute Gasteiger partial charge is 0.255 e. The number of primary amides is 1. The Kier molecular flexibility index (Phi) is 7.14. The van der Waals surface area contributed by atoms with Crippen LogP contribution < -0.4 is 10.5 Å². The number of sulfonamides is 1. The lowest BCUT2D eigenvalue weighted by molar-refractivity contribution is -0.119. The maximum Gasteiger partial charge on any atom is 0.255 e. The molecule has 1 aromatic heterocycles. The lowest BCUT2D eigenvalue weighted by Crippen LogP contribution is -2.27. The van der Waals surface area contributed by atoms with Crippen molar-refractivity contribution in [1.29, 1.82) is 0 Å². The summed E-state index contributed by atoms with van der Waals surface area (Å²) in [6.45, 7) is -0.550. The summed E-state index contributed by atoms with van der Waals surface area (Å²) in [6, 6.07) is 15.8. The molecule has 3 aromatic carbocycles. The van der Waals surface area contributed by atoms with Gasteiger partial charge in [0.15, 0.2) is 6.61 Å². The molecule has 37 heavy (non-hydrogen) atoms.